The molecule has 0 saturated carbocycles. The summed E-state index contributed by atoms with van der Waals surface area (Å²) in [4.78, 5) is 17.2. The van der Waals surface area contributed by atoms with E-state index in [1.807, 2.05) is 48.7 Å². The number of para-hydroxylation sites is 2. The van der Waals surface area contributed by atoms with Crippen LogP contribution in [0.15, 0.2) is 66.0 Å². The highest BCUT2D eigenvalue weighted by Crippen LogP contribution is 2.31. The molecule has 2 atom stereocenters. The summed E-state index contributed by atoms with van der Waals surface area (Å²) in [6.45, 7) is 2.35. The summed E-state index contributed by atoms with van der Waals surface area (Å²) in [6.07, 6.45) is 3.99. The van der Waals surface area contributed by atoms with Crippen molar-refractivity contribution in [2.45, 2.75) is 36.8 Å². The Morgan fingerprint density at radius 3 is 2.73 bits per heavy atom. The van der Waals surface area contributed by atoms with E-state index in [1.54, 1.807) is 0 Å². The molecule has 3 heterocycles. The van der Waals surface area contributed by atoms with Crippen molar-refractivity contribution in [2.75, 3.05) is 25.5 Å². The molecule has 0 bridgehead atoms. The number of ether oxygens (including phenoxy) is 3. The van der Waals surface area contributed by atoms with E-state index >= 15 is 0 Å². The van der Waals surface area contributed by atoms with Gasteiger partial charge in [-0.25, -0.2) is 4.98 Å². The van der Waals surface area contributed by atoms with Gasteiger partial charge in [-0.1, -0.05) is 54.2 Å². The molecule has 2 aliphatic heterocycles. The van der Waals surface area contributed by atoms with Crippen molar-refractivity contribution >= 4 is 17.7 Å². The standard InChI is InChI=1S/C25H27N3O4S/c29-24(26-13-20-16-31-22-10-4-5-11-23(22)32-20)17-33-25-27-14-21(18-7-2-1-3-8-18)28(25)15-19-9-6-12-30-19/h1-5,7-8,10-11,14,19-20H,6,9,12-13,15-17H2,(H,26,29). The highest BCUT2D eigenvalue weighted by atomic mass is 32.2. The third kappa shape index (κ3) is 5.34. The van der Waals surface area contributed by atoms with Crippen molar-refractivity contribution in [1.82, 2.24) is 14.9 Å². The Morgan fingerprint density at radius 2 is 1.91 bits per heavy atom. The number of thioether (sulfide) groups is 1. The number of nitrogens with one attached hydrogen (secondary N) is 1. The van der Waals surface area contributed by atoms with Gasteiger partial charge in [0.2, 0.25) is 5.91 Å². The summed E-state index contributed by atoms with van der Waals surface area (Å²) >= 11 is 1.44. The van der Waals surface area contributed by atoms with E-state index in [0.29, 0.717) is 18.9 Å². The van der Waals surface area contributed by atoms with E-state index in [9.17, 15) is 4.79 Å². The van der Waals surface area contributed by atoms with Gasteiger partial charge in [-0.05, 0) is 30.5 Å². The number of amides is 1. The fourth-order valence-corrected chi connectivity index (χ4v) is 4.87. The van der Waals surface area contributed by atoms with E-state index in [2.05, 4.69) is 27.0 Å². The molecule has 1 fully saturated rings. The van der Waals surface area contributed by atoms with Crippen molar-refractivity contribution in [2.24, 2.45) is 0 Å². The lowest BCUT2D eigenvalue weighted by molar-refractivity contribution is -0.119. The van der Waals surface area contributed by atoms with Gasteiger partial charge in [0.25, 0.3) is 0 Å². The fraction of sp³-hybridized carbons (Fsp3) is 0.360. The Hall–Kier alpha value is -2.97. The van der Waals surface area contributed by atoms with Crippen LogP contribution in [0.4, 0.5) is 0 Å². The van der Waals surface area contributed by atoms with Crippen LogP contribution in [0.3, 0.4) is 0 Å². The lowest BCUT2D eigenvalue weighted by Crippen LogP contribution is -2.41. The smallest absolute Gasteiger partial charge is 0.230 e. The maximum atomic E-state index is 12.5. The van der Waals surface area contributed by atoms with E-state index < -0.39 is 0 Å². The van der Waals surface area contributed by atoms with Crippen molar-refractivity contribution < 1.29 is 19.0 Å². The van der Waals surface area contributed by atoms with Crippen LogP contribution in [-0.2, 0) is 16.1 Å². The molecule has 1 saturated heterocycles. The molecule has 2 unspecified atom stereocenters. The van der Waals surface area contributed by atoms with Crippen LogP contribution in [0.1, 0.15) is 12.8 Å². The van der Waals surface area contributed by atoms with Crippen LogP contribution >= 0.6 is 11.8 Å². The van der Waals surface area contributed by atoms with Gasteiger partial charge >= 0.3 is 0 Å². The van der Waals surface area contributed by atoms with Crippen LogP contribution in [0.5, 0.6) is 11.5 Å². The predicted molar refractivity (Wildman–Crippen MR) is 127 cm³/mol. The van der Waals surface area contributed by atoms with Gasteiger partial charge in [0.15, 0.2) is 16.7 Å². The van der Waals surface area contributed by atoms with Crippen LogP contribution in [-0.4, -0.2) is 53.2 Å². The Morgan fingerprint density at radius 1 is 1.09 bits per heavy atom. The van der Waals surface area contributed by atoms with Crippen LogP contribution < -0.4 is 14.8 Å². The first-order valence-corrected chi connectivity index (χ1v) is 12.3. The van der Waals surface area contributed by atoms with Gasteiger partial charge in [-0.15, -0.1) is 0 Å². The topological polar surface area (TPSA) is 74.6 Å². The summed E-state index contributed by atoms with van der Waals surface area (Å²) < 4.78 is 19.7. The molecule has 0 radical (unpaired) electrons. The maximum absolute atomic E-state index is 12.5. The van der Waals surface area contributed by atoms with E-state index in [1.165, 1.54) is 11.8 Å². The number of fused-ring (bicyclic) bond motifs is 1. The number of hydrogen-bond acceptors (Lipinski definition) is 6. The normalized spacial score (nSPS) is 19.4. The number of rotatable bonds is 8. The molecule has 1 N–H and O–H groups in total. The number of aromatic nitrogens is 2. The van der Waals surface area contributed by atoms with Gasteiger partial charge < -0.3 is 24.1 Å². The van der Waals surface area contributed by atoms with E-state index in [0.717, 1.165) is 48.2 Å². The molecule has 0 aliphatic carbocycles. The third-order valence-corrected chi connectivity index (χ3v) is 6.72. The van der Waals surface area contributed by atoms with Gasteiger partial charge in [-0.3, -0.25) is 4.79 Å². The number of imidazole rings is 1. The first-order chi connectivity index (χ1) is 16.3. The summed E-state index contributed by atoms with van der Waals surface area (Å²) in [5.74, 6) is 1.67. The minimum Gasteiger partial charge on any atom is -0.486 e. The lowest BCUT2D eigenvalue weighted by Gasteiger charge is -2.26. The average molecular weight is 466 g/mol. The summed E-state index contributed by atoms with van der Waals surface area (Å²) in [5, 5.41) is 3.78. The molecule has 5 rings (SSSR count). The van der Waals surface area contributed by atoms with Crippen molar-refractivity contribution in [3.05, 3.63) is 60.8 Å². The molecule has 7 nitrogen and oxygen atoms in total. The van der Waals surface area contributed by atoms with Crippen LogP contribution in [0.25, 0.3) is 11.3 Å². The summed E-state index contributed by atoms with van der Waals surface area (Å²) in [6, 6.07) is 17.8. The molecular weight excluding hydrogens is 438 g/mol. The van der Waals surface area contributed by atoms with Gasteiger partial charge in [0.05, 0.1) is 36.8 Å². The zero-order chi connectivity index (χ0) is 22.5. The first kappa shape index (κ1) is 21.9. The molecule has 1 amide bonds. The van der Waals surface area contributed by atoms with Crippen molar-refractivity contribution in [3.63, 3.8) is 0 Å². The van der Waals surface area contributed by atoms with Crippen molar-refractivity contribution in [3.8, 4) is 22.8 Å². The number of carbonyl (C=O) groups is 1. The molecule has 2 aromatic carbocycles. The number of nitrogens with zero attached hydrogens (tertiary/aromatic N) is 2. The lowest BCUT2D eigenvalue weighted by atomic mass is 10.1. The molecule has 1 aromatic heterocycles. The number of carbonyl (C=O) groups excluding carboxylic acids is 1. The van der Waals surface area contributed by atoms with Crippen molar-refractivity contribution in [1.29, 1.82) is 0 Å². The quantitative estimate of drug-likeness (QED) is 0.511. The Labute approximate surface area is 197 Å². The Kier molecular flexibility index (Phi) is 6.83. The Balaban J connectivity index is 1.19. The highest BCUT2D eigenvalue weighted by Gasteiger charge is 2.23. The minimum atomic E-state index is -0.208. The number of hydrogen-bond donors (Lipinski definition) is 1. The largest absolute Gasteiger partial charge is 0.486 e. The van der Waals surface area contributed by atoms with Gasteiger partial charge in [0, 0.05) is 6.61 Å². The number of benzene rings is 2. The highest BCUT2D eigenvalue weighted by molar-refractivity contribution is 7.99. The van der Waals surface area contributed by atoms with Crippen LogP contribution in [0.2, 0.25) is 0 Å². The summed E-state index contributed by atoms with van der Waals surface area (Å²) in [5.41, 5.74) is 2.15. The van der Waals surface area contributed by atoms with E-state index in [4.69, 9.17) is 14.2 Å². The molecule has 3 aromatic rings. The third-order valence-electron chi connectivity index (χ3n) is 5.73. The minimum absolute atomic E-state index is 0.0598. The van der Waals surface area contributed by atoms with Gasteiger partial charge in [-0.2, -0.15) is 0 Å². The Bertz CT molecular complexity index is 1080. The fourth-order valence-electron chi connectivity index (χ4n) is 4.05. The van der Waals surface area contributed by atoms with E-state index in [-0.39, 0.29) is 23.9 Å². The van der Waals surface area contributed by atoms with Crippen LogP contribution in [0, 0.1) is 0 Å². The molecule has 2 aliphatic rings. The summed E-state index contributed by atoms with van der Waals surface area (Å²) in [7, 11) is 0. The molecule has 33 heavy (non-hydrogen) atoms. The second-order valence-electron chi connectivity index (χ2n) is 8.13. The monoisotopic (exact) mass is 465 g/mol. The zero-order valence-electron chi connectivity index (χ0n) is 18.3. The van der Waals surface area contributed by atoms with Gasteiger partial charge in [0.1, 0.15) is 12.7 Å². The SMILES string of the molecule is O=C(CSc1ncc(-c2ccccc2)n1CC1CCCO1)NCC1COc2ccccc2O1. The maximum Gasteiger partial charge on any atom is 0.230 e. The molecule has 8 heteroatoms. The first-order valence-electron chi connectivity index (χ1n) is 11.3. The second-order valence-corrected chi connectivity index (χ2v) is 9.07. The molecular formula is C25H27N3O4S. The predicted octanol–water partition coefficient (Wildman–Crippen LogP) is 3.78. The average Bonchev–Trinajstić information content (AvgIpc) is 3.52. The molecule has 0 spiro atoms. The molecule has 172 valence electrons. The second kappa shape index (κ2) is 10.3. The zero-order valence-corrected chi connectivity index (χ0v) is 19.1.